The molecule has 2 aromatic rings. The van der Waals surface area contributed by atoms with Crippen LogP contribution in [0.5, 0.6) is 0 Å². The first-order valence-electron chi connectivity index (χ1n) is 8.41. The molecule has 0 radical (unpaired) electrons. The molecule has 8 heteroatoms. The molecule has 1 aliphatic rings. The first-order chi connectivity index (χ1) is 12.0. The highest BCUT2D eigenvalue weighted by Crippen LogP contribution is 2.15. The third-order valence-corrected chi connectivity index (χ3v) is 4.15. The smallest absolute Gasteiger partial charge is 0.338 e. The van der Waals surface area contributed by atoms with Crippen LogP contribution in [0.3, 0.4) is 0 Å². The largest absolute Gasteiger partial charge is 0.452 e. The van der Waals surface area contributed by atoms with Gasteiger partial charge in [0, 0.05) is 19.6 Å². The lowest BCUT2D eigenvalue weighted by molar-refractivity contribution is -0.146. The summed E-state index contributed by atoms with van der Waals surface area (Å²) in [6, 6.07) is 5.06. The van der Waals surface area contributed by atoms with Crippen molar-refractivity contribution in [2.24, 2.45) is 0 Å². The maximum Gasteiger partial charge on any atom is 0.338 e. The van der Waals surface area contributed by atoms with Crippen molar-refractivity contribution >= 4 is 22.9 Å². The molecule has 2 heterocycles. The van der Waals surface area contributed by atoms with E-state index in [4.69, 9.17) is 9.47 Å². The Hall–Kier alpha value is -2.48. The molecule has 3 rings (SSSR count). The number of amides is 1. The van der Waals surface area contributed by atoms with Gasteiger partial charge in [0.1, 0.15) is 5.52 Å². The summed E-state index contributed by atoms with van der Waals surface area (Å²) in [6.45, 7) is 7.24. The normalized spacial score (nSPS) is 20.7. The molecule has 0 unspecified atom stereocenters. The summed E-state index contributed by atoms with van der Waals surface area (Å²) in [5.41, 5.74) is 1.83. The molecule has 2 atom stereocenters. The van der Waals surface area contributed by atoms with E-state index in [2.05, 4.69) is 10.3 Å². The zero-order valence-electron chi connectivity index (χ0n) is 14.6. The van der Waals surface area contributed by atoms with Crippen molar-refractivity contribution in [2.45, 2.75) is 39.5 Å². The molecule has 1 fully saturated rings. The van der Waals surface area contributed by atoms with Gasteiger partial charge in [0.05, 0.1) is 23.3 Å². The lowest BCUT2D eigenvalue weighted by atomic mass is 10.2. The molecule has 0 aliphatic carbocycles. The second-order valence-corrected chi connectivity index (χ2v) is 6.24. The summed E-state index contributed by atoms with van der Waals surface area (Å²) in [7, 11) is 0. The van der Waals surface area contributed by atoms with E-state index in [1.807, 2.05) is 20.8 Å². The Labute approximate surface area is 145 Å². The van der Waals surface area contributed by atoms with E-state index in [0.717, 1.165) is 5.52 Å². The number of morpholine rings is 1. The van der Waals surface area contributed by atoms with Gasteiger partial charge in [-0.1, -0.05) is 5.21 Å². The van der Waals surface area contributed by atoms with Crippen molar-refractivity contribution in [2.75, 3.05) is 19.7 Å². The van der Waals surface area contributed by atoms with Gasteiger partial charge in [-0.2, -0.15) is 0 Å². The van der Waals surface area contributed by atoms with Gasteiger partial charge in [0.15, 0.2) is 6.61 Å². The summed E-state index contributed by atoms with van der Waals surface area (Å²) in [4.78, 5) is 26.1. The number of hydrogen-bond donors (Lipinski definition) is 0. The Morgan fingerprint density at radius 3 is 2.68 bits per heavy atom. The highest BCUT2D eigenvalue weighted by Gasteiger charge is 2.26. The highest BCUT2D eigenvalue weighted by molar-refractivity contribution is 5.94. The zero-order chi connectivity index (χ0) is 18.0. The van der Waals surface area contributed by atoms with Crippen LogP contribution in [0.25, 0.3) is 11.0 Å². The molecule has 0 saturated carbocycles. The lowest BCUT2D eigenvalue weighted by Gasteiger charge is -2.35. The summed E-state index contributed by atoms with van der Waals surface area (Å²) in [5, 5.41) is 8.04. The number of fused-ring (bicyclic) bond motifs is 1. The van der Waals surface area contributed by atoms with E-state index in [0.29, 0.717) is 30.7 Å². The van der Waals surface area contributed by atoms with Crippen LogP contribution >= 0.6 is 0 Å². The maximum atomic E-state index is 12.2. The molecular weight excluding hydrogens is 324 g/mol. The minimum absolute atomic E-state index is 0.0213. The number of esters is 1. The average Bonchev–Trinajstić information content (AvgIpc) is 3.00. The van der Waals surface area contributed by atoms with Gasteiger partial charge in [-0.05, 0) is 39.0 Å². The number of benzene rings is 1. The van der Waals surface area contributed by atoms with E-state index in [-0.39, 0.29) is 24.7 Å². The zero-order valence-corrected chi connectivity index (χ0v) is 14.6. The second kappa shape index (κ2) is 7.18. The first kappa shape index (κ1) is 17.3. The van der Waals surface area contributed by atoms with Crippen LogP contribution in [0.4, 0.5) is 0 Å². The maximum absolute atomic E-state index is 12.2. The Balaban J connectivity index is 1.61. The molecule has 0 N–H and O–H groups in total. The van der Waals surface area contributed by atoms with E-state index in [1.165, 1.54) is 0 Å². The number of nitrogens with zero attached hydrogens (tertiary/aromatic N) is 4. The molecule has 134 valence electrons. The van der Waals surface area contributed by atoms with Crippen LogP contribution < -0.4 is 0 Å². The number of carbonyl (C=O) groups excluding carboxylic acids is 2. The predicted octanol–water partition coefficient (Wildman–Crippen LogP) is 1.24. The summed E-state index contributed by atoms with van der Waals surface area (Å²) in [6.07, 6.45) is -0.0426. The molecule has 1 aromatic carbocycles. The fourth-order valence-electron chi connectivity index (χ4n) is 3.02. The number of ether oxygens (including phenoxy) is 2. The van der Waals surface area contributed by atoms with Crippen LogP contribution in [-0.2, 0) is 20.8 Å². The van der Waals surface area contributed by atoms with Crippen LogP contribution in [-0.4, -0.2) is 63.7 Å². The molecule has 1 aromatic heterocycles. The molecule has 1 saturated heterocycles. The van der Waals surface area contributed by atoms with Crippen LogP contribution in [0, 0.1) is 0 Å². The molecule has 25 heavy (non-hydrogen) atoms. The number of carbonyl (C=O) groups is 2. The van der Waals surface area contributed by atoms with Gasteiger partial charge in [-0.3, -0.25) is 4.79 Å². The number of aryl methyl sites for hydroxylation is 1. The first-order valence-corrected chi connectivity index (χ1v) is 8.41. The number of aromatic nitrogens is 3. The minimum atomic E-state index is -0.546. The van der Waals surface area contributed by atoms with Crippen LogP contribution in [0.15, 0.2) is 18.2 Å². The molecular formula is C17H22N4O4. The molecule has 0 bridgehead atoms. The van der Waals surface area contributed by atoms with E-state index < -0.39 is 5.97 Å². The standard InChI is InChI=1S/C17H22N4O4/c1-4-21-15-6-5-13(7-14(15)18-19-21)17(23)24-10-16(22)20-8-11(2)25-12(3)9-20/h5-7,11-12H,4,8-10H2,1-3H3/t11-,12-/m0/s1. The van der Waals surface area contributed by atoms with Crippen LogP contribution in [0.2, 0.25) is 0 Å². The molecule has 0 spiro atoms. The van der Waals surface area contributed by atoms with Gasteiger partial charge in [0.25, 0.3) is 5.91 Å². The Bertz CT molecular complexity index is 778. The Kier molecular flexibility index (Phi) is 4.98. The van der Waals surface area contributed by atoms with Gasteiger partial charge in [-0.25, -0.2) is 9.48 Å². The Morgan fingerprint density at radius 1 is 1.28 bits per heavy atom. The van der Waals surface area contributed by atoms with E-state index in [1.54, 1.807) is 27.8 Å². The molecule has 1 amide bonds. The summed E-state index contributed by atoms with van der Waals surface area (Å²) >= 11 is 0. The average molecular weight is 346 g/mol. The fraction of sp³-hybridized carbons (Fsp3) is 0.529. The van der Waals surface area contributed by atoms with Crippen molar-refractivity contribution in [3.63, 3.8) is 0 Å². The van der Waals surface area contributed by atoms with E-state index >= 15 is 0 Å². The highest BCUT2D eigenvalue weighted by atomic mass is 16.5. The van der Waals surface area contributed by atoms with Crippen molar-refractivity contribution in [3.05, 3.63) is 23.8 Å². The Morgan fingerprint density at radius 2 is 2.00 bits per heavy atom. The van der Waals surface area contributed by atoms with Crippen molar-refractivity contribution in [1.29, 1.82) is 0 Å². The minimum Gasteiger partial charge on any atom is -0.452 e. The fourth-order valence-corrected chi connectivity index (χ4v) is 3.02. The number of rotatable bonds is 4. The third kappa shape index (κ3) is 3.79. The van der Waals surface area contributed by atoms with Crippen LogP contribution in [0.1, 0.15) is 31.1 Å². The second-order valence-electron chi connectivity index (χ2n) is 6.24. The van der Waals surface area contributed by atoms with Crippen molar-refractivity contribution < 1.29 is 19.1 Å². The topological polar surface area (TPSA) is 86.6 Å². The van der Waals surface area contributed by atoms with Crippen molar-refractivity contribution in [1.82, 2.24) is 19.9 Å². The number of hydrogen-bond acceptors (Lipinski definition) is 6. The van der Waals surface area contributed by atoms with Gasteiger partial charge >= 0.3 is 5.97 Å². The van der Waals surface area contributed by atoms with E-state index in [9.17, 15) is 9.59 Å². The molecule has 8 nitrogen and oxygen atoms in total. The lowest BCUT2D eigenvalue weighted by Crippen LogP contribution is -2.49. The summed E-state index contributed by atoms with van der Waals surface area (Å²) < 4.78 is 12.5. The summed E-state index contributed by atoms with van der Waals surface area (Å²) in [5.74, 6) is -0.760. The van der Waals surface area contributed by atoms with Gasteiger partial charge < -0.3 is 14.4 Å². The third-order valence-electron chi connectivity index (χ3n) is 4.15. The van der Waals surface area contributed by atoms with Crippen molar-refractivity contribution in [3.8, 4) is 0 Å². The molecule has 1 aliphatic heterocycles. The SMILES string of the molecule is CCn1nnc2cc(C(=O)OCC(=O)N3C[C@H](C)O[C@@H](C)C3)ccc21. The van der Waals surface area contributed by atoms with Gasteiger partial charge in [-0.15, -0.1) is 5.10 Å². The quantitative estimate of drug-likeness (QED) is 0.774. The monoisotopic (exact) mass is 346 g/mol. The predicted molar refractivity (Wildman–Crippen MR) is 90.1 cm³/mol. The van der Waals surface area contributed by atoms with Gasteiger partial charge in [0.2, 0.25) is 0 Å².